The van der Waals surface area contributed by atoms with E-state index in [1.54, 1.807) is 23.1 Å². The molecule has 3 heterocycles. The predicted molar refractivity (Wildman–Crippen MR) is 86.2 cm³/mol. The van der Waals surface area contributed by atoms with Crippen molar-refractivity contribution in [2.45, 2.75) is 18.9 Å². The van der Waals surface area contributed by atoms with Crippen LogP contribution in [0.4, 0.5) is 4.39 Å². The molecule has 1 fully saturated rings. The van der Waals surface area contributed by atoms with Crippen molar-refractivity contribution in [2.24, 2.45) is 0 Å². The number of halogens is 2. The molecule has 1 aliphatic rings. The van der Waals surface area contributed by atoms with Crippen molar-refractivity contribution in [2.75, 3.05) is 6.54 Å². The molecule has 1 aliphatic heterocycles. The van der Waals surface area contributed by atoms with E-state index in [0.717, 1.165) is 0 Å². The smallest absolute Gasteiger partial charge is 0.293 e. The second kappa shape index (κ2) is 6.33. The van der Waals surface area contributed by atoms with Crippen LogP contribution >= 0.6 is 11.6 Å². The average Bonchev–Trinajstić information content (AvgIpc) is 3.31. The number of carbonyl (C=O) groups excluding carboxylic acids is 1. The summed E-state index contributed by atoms with van der Waals surface area (Å²) in [6.45, 7) is 0.765. The number of amides is 1. The Hall–Kier alpha value is -2.67. The number of carbonyl (C=O) groups is 1. The van der Waals surface area contributed by atoms with Crippen molar-refractivity contribution < 1.29 is 18.1 Å². The summed E-state index contributed by atoms with van der Waals surface area (Å²) in [6, 6.07) is 7.60. The van der Waals surface area contributed by atoms with Crippen molar-refractivity contribution >= 4 is 17.5 Å². The van der Waals surface area contributed by atoms with Gasteiger partial charge in [0.05, 0.1) is 6.26 Å². The number of likely N-dealkylation sites (tertiary alicyclic amines) is 1. The van der Waals surface area contributed by atoms with Crippen LogP contribution in [0.2, 0.25) is 5.02 Å². The first-order valence-electron chi connectivity index (χ1n) is 7.69. The molecule has 0 aliphatic carbocycles. The fraction of sp³-hybridized carbons (Fsp3) is 0.235. The van der Waals surface area contributed by atoms with Gasteiger partial charge in [0, 0.05) is 30.5 Å². The Labute approximate surface area is 147 Å². The molecule has 25 heavy (non-hydrogen) atoms. The van der Waals surface area contributed by atoms with Crippen LogP contribution in [0.25, 0.3) is 11.7 Å². The van der Waals surface area contributed by atoms with Crippen molar-refractivity contribution in [1.82, 2.24) is 15.0 Å². The molecule has 3 aromatic rings. The van der Waals surface area contributed by atoms with Gasteiger partial charge >= 0.3 is 0 Å². The molecule has 4 rings (SSSR count). The van der Waals surface area contributed by atoms with Crippen LogP contribution in [0.3, 0.4) is 0 Å². The first-order valence-corrected chi connectivity index (χ1v) is 8.07. The Kier molecular flexibility index (Phi) is 4.01. The van der Waals surface area contributed by atoms with E-state index in [0.29, 0.717) is 35.3 Å². The van der Waals surface area contributed by atoms with E-state index in [2.05, 4.69) is 10.1 Å². The van der Waals surface area contributed by atoms with Crippen LogP contribution in [0.15, 0.2) is 45.5 Å². The summed E-state index contributed by atoms with van der Waals surface area (Å²) in [5.41, 5.74) is 0.696. The fourth-order valence-corrected chi connectivity index (χ4v) is 3.08. The third-order valence-corrected chi connectivity index (χ3v) is 4.48. The van der Waals surface area contributed by atoms with E-state index in [1.807, 2.05) is 0 Å². The van der Waals surface area contributed by atoms with Crippen molar-refractivity contribution in [3.63, 3.8) is 0 Å². The molecule has 0 spiro atoms. The quantitative estimate of drug-likeness (QED) is 0.709. The standard InChI is InChI=1S/C17H13ClFN3O3/c18-13-7-12(19)4-3-10(13)8-22-9-11(6-15(22)23)16-20-17(25-21-16)14-2-1-5-24-14/h1-5,7,11H,6,8-9H2. The molecular formula is C17H13ClFN3O3. The van der Waals surface area contributed by atoms with Gasteiger partial charge in [-0.3, -0.25) is 4.79 Å². The summed E-state index contributed by atoms with van der Waals surface area (Å²) in [7, 11) is 0. The highest BCUT2D eigenvalue weighted by Crippen LogP contribution is 2.30. The number of furan rings is 1. The molecule has 0 bridgehead atoms. The first kappa shape index (κ1) is 15.8. The summed E-state index contributed by atoms with van der Waals surface area (Å²) < 4.78 is 23.6. The lowest BCUT2D eigenvalue weighted by Gasteiger charge is -2.17. The van der Waals surface area contributed by atoms with Gasteiger partial charge in [-0.15, -0.1) is 0 Å². The number of nitrogens with zero attached hydrogens (tertiary/aromatic N) is 3. The molecule has 0 N–H and O–H groups in total. The molecule has 128 valence electrons. The molecule has 8 heteroatoms. The molecular weight excluding hydrogens is 349 g/mol. The third kappa shape index (κ3) is 3.15. The van der Waals surface area contributed by atoms with Gasteiger partial charge in [0.1, 0.15) is 5.82 Å². The maximum atomic E-state index is 13.1. The summed E-state index contributed by atoms with van der Waals surface area (Å²) in [4.78, 5) is 18.3. The number of rotatable bonds is 4. The van der Waals surface area contributed by atoms with E-state index >= 15 is 0 Å². The summed E-state index contributed by atoms with van der Waals surface area (Å²) in [6.07, 6.45) is 1.81. The van der Waals surface area contributed by atoms with E-state index in [4.69, 9.17) is 20.5 Å². The summed E-state index contributed by atoms with van der Waals surface area (Å²) >= 11 is 6.04. The van der Waals surface area contributed by atoms with Gasteiger partial charge in [0.2, 0.25) is 5.91 Å². The van der Waals surface area contributed by atoms with Gasteiger partial charge in [0.15, 0.2) is 11.6 Å². The zero-order valence-corrected chi connectivity index (χ0v) is 13.7. The molecule has 1 saturated heterocycles. The highest BCUT2D eigenvalue weighted by atomic mass is 35.5. The lowest BCUT2D eigenvalue weighted by atomic mass is 10.1. The molecule has 6 nitrogen and oxygen atoms in total. The van der Waals surface area contributed by atoms with Crippen LogP contribution in [0.1, 0.15) is 23.7 Å². The highest BCUT2D eigenvalue weighted by Gasteiger charge is 2.34. The van der Waals surface area contributed by atoms with Crippen LogP contribution in [0.5, 0.6) is 0 Å². The Balaban J connectivity index is 1.48. The van der Waals surface area contributed by atoms with E-state index < -0.39 is 5.82 Å². The van der Waals surface area contributed by atoms with Gasteiger partial charge in [-0.2, -0.15) is 4.98 Å². The Bertz CT molecular complexity index is 910. The van der Waals surface area contributed by atoms with E-state index in [9.17, 15) is 9.18 Å². The zero-order chi connectivity index (χ0) is 17.4. The van der Waals surface area contributed by atoms with Gasteiger partial charge in [-0.25, -0.2) is 4.39 Å². The second-order valence-corrected chi connectivity index (χ2v) is 6.25. The molecule has 1 unspecified atom stereocenters. The second-order valence-electron chi connectivity index (χ2n) is 5.85. The lowest BCUT2D eigenvalue weighted by Crippen LogP contribution is -2.24. The highest BCUT2D eigenvalue weighted by molar-refractivity contribution is 6.31. The molecule has 1 amide bonds. The number of hydrogen-bond donors (Lipinski definition) is 0. The fourth-order valence-electron chi connectivity index (χ4n) is 2.85. The minimum absolute atomic E-state index is 0.0326. The minimum atomic E-state index is -0.406. The third-order valence-electron chi connectivity index (χ3n) is 4.13. The number of hydrogen-bond acceptors (Lipinski definition) is 5. The van der Waals surface area contributed by atoms with Crippen molar-refractivity contribution in [3.8, 4) is 11.7 Å². The monoisotopic (exact) mass is 361 g/mol. The van der Waals surface area contributed by atoms with E-state index in [-0.39, 0.29) is 24.1 Å². The van der Waals surface area contributed by atoms with Gasteiger partial charge in [-0.05, 0) is 29.8 Å². The van der Waals surface area contributed by atoms with E-state index in [1.165, 1.54) is 18.4 Å². The minimum Gasteiger partial charge on any atom is -0.459 e. The number of aromatic nitrogens is 2. The molecule has 2 aromatic heterocycles. The van der Waals surface area contributed by atoms with Crippen LogP contribution < -0.4 is 0 Å². The maximum absolute atomic E-state index is 13.1. The maximum Gasteiger partial charge on any atom is 0.293 e. The van der Waals surface area contributed by atoms with Crippen molar-refractivity contribution in [1.29, 1.82) is 0 Å². The van der Waals surface area contributed by atoms with Crippen molar-refractivity contribution in [3.05, 3.63) is 58.8 Å². The molecule has 0 saturated carbocycles. The zero-order valence-electron chi connectivity index (χ0n) is 13.0. The molecule has 1 aromatic carbocycles. The van der Waals surface area contributed by atoms with Crippen LogP contribution in [-0.4, -0.2) is 27.5 Å². The average molecular weight is 362 g/mol. The summed E-state index contributed by atoms with van der Waals surface area (Å²) in [5.74, 6) is 0.628. The molecule has 0 radical (unpaired) electrons. The number of benzene rings is 1. The van der Waals surface area contributed by atoms with Crippen LogP contribution in [-0.2, 0) is 11.3 Å². The predicted octanol–water partition coefficient (Wildman–Crippen LogP) is 3.64. The first-order chi connectivity index (χ1) is 12.1. The topological polar surface area (TPSA) is 72.4 Å². The van der Waals surface area contributed by atoms with Gasteiger partial charge in [0.25, 0.3) is 5.89 Å². The lowest BCUT2D eigenvalue weighted by molar-refractivity contribution is -0.128. The normalized spacial score (nSPS) is 17.4. The van der Waals surface area contributed by atoms with Gasteiger partial charge in [-0.1, -0.05) is 22.8 Å². The SMILES string of the molecule is O=C1CC(c2noc(-c3ccco3)n2)CN1Cc1ccc(F)cc1Cl. The van der Waals surface area contributed by atoms with Gasteiger partial charge < -0.3 is 13.8 Å². The van der Waals surface area contributed by atoms with Crippen LogP contribution in [0, 0.1) is 5.82 Å². The summed E-state index contributed by atoms with van der Waals surface area (Å²) in [5, 5.41) is 4.26. The molecule has 1 atom stereocenters. The Morgan fingerprint density at radius 3 is 3.00 bits per heavy atom. The Morgan fingerprint density at radius 2 is 2.24 bits per heavy atom. The largest absolute Gasteiger partial charge is 0.459 e. The Morgan fingerprint density at radius 1 is 1.36 bits per heavy atom.